The summed E-state index contributed by atoms with van der Waals surface area (Å²) in [6, 6.07) is 8.96. The highest BCUT2D eigenvalue weighted by molar-refractivity contribution is 5.70. The van der Waals surface area contributed by atoms with Crippen LogP contribution in [-0.4, -0.2) is 24.5 Å². The van der Waals surface area contributed by atoms with Gasteiger partial charge in [-0.1, -0.05) is 30.3 Å². The Kier molecular flexibility index (Phi) is 4.44. The van der Waals surface area contributed by atoms with Crippen molar-refractivity contribution in [2.75, 3.05) is 13.7 Å². The van der Waals surface area contributed by atoms with E-state index in [4.69, 9.17) is 0 Å². The number of esters is 1. The van der Waals surface area contributed by atoms with Crippen molar-refractivity contribution in [3.05, 3.63) is 46.0 Å². The van der Waals surface area contributed by atoms with Crippen molar-refractivity contribution in [1.82, 2.24) is 0 Å². The molecular weight excluding hydrogens is 210 g/mol. The normalized spacial score (nSPS) is 11.8. The second-order valence-electron chi connectivity index (χ2n) is 3.40. The Hall–Kier alpha value is -1.91. The van der Waals surface area contributed by atoms with E-state index < -0.39 is 16.8 Å². The highest BCUT2D eigenvalue weighted by Crippen LogP contribution is 2.20. The minimum Gasteiger partial charge on any atom is -0.469 e. The first-order chi connectivity index (χ1) is 7.63. The van der Waals surface area contributed by atoms with Crippen LogP contribution in [0.3, 0.4) is 0 Å². The topological polar surface area (TPSA) is 69.4 Å². The van der Waals surface area contributed by atoms with E-state index in [0.717, 1.165) is 5.56 Å². The number of carbonyl (C=O) groups excluding carboxylic acids is 1. The number of hydrogen-bond acceptors (Lipinski definition) is 4. The number of nitro groups is 1. The second-order valence-corrected chi connectivity index (χ2v) is 3.40. The molecule has 1 aromatic rings. The predicted molar refractivity (Wildman–Crippen MR) is 57.7 cm³/mol. The summed E-state index contributed by atoms with van der Waals surface area (Å²) in [5.74, 6) is -0.862. The molecule has 0 spiro atoms. The summed E-state index contributed by atoms with van der Waals surface area (Å²) >= 11 is 0. The summed E-state index contributed by atoms with van der Waals surface area (Å²) in [6.07, 6.45) is 0.0293. The molecule has 0 radical (unpaired) electrons. The zero-order valence-electron chi connectivity index (χ0n) is 8.96. The van der Waals surface area contributed by atoms with Gasteiger partial charge in [-0.2, -0.15) is 0 Å². The average Bonchev–Trinajstić information content (AvgIpc) is 2.28. The van der Waals surface area contributed by atoms with Crippen molar-refractivity contribution in [3.63, 3.8) is 0 Å². The lowest BCUT2D eigenvalue weighted by Gasteiger charge is -2.11. The fourth-order valence-electron chi connectivity index (χ4n) is 1.48. The zero-order chi connectivity index (χ0) is 12.0. The highest BCUT2D eigenvalue weighted by atomic mass is 16.6. The van der Waals surface area contributed by atoms with E-state index in [1.807, 2.05) is 6.07 Å². The van der Waals surface area contributed by atoms with Gasteiger partial charge in [-0.05, 0) is 5.56 Å². The summed E-state index contributed by atoms with van der Waals surface area (Å²) in [7, 11) is 1.27. The van der Waals surface area contributed by atoms with Crippen molar-refractivity contribution in [3.8, 4) is 0 Å². The Bertz CT molecular complexity index is 364. The SMILES string of the molecule is COC(=O)C[C@@H](C[N+](=O)[O-])c1ccccc1. The molecule has 5 nitrogen and oxygen atoms in total. The number of methoxy groups -OCH3 is 1. The Balaban J connectivity index is 2.79. The van der Waals surface area contributed by atoms with Gasteiger partial charge in [0.2, 0.25) is 6.54 Å². The first kappa shape index (κ1) is 12.2. The molecule has 16 heavy (non-hydrogen) atoms. The molecule has 5 heteroatoms. The van der Waals surface area contributed by atoms with Crippen LogP contribution in [0, 0.1) is 10.1 Å². The fourth-order valence-corrected chi connectivity index (χ4v) is 1.48. The maximum Gasteiger partial charge on any atom is 0.306 e. The number of benzene rings is 1. The summed E-state index contributed by atoms with van der Waals surface area (Å²) in [4.78, 5) is 21.2. The molecule has 0 fully saturated rings. The predicted octanol–water partition coefficient (Wildman–Crippen LogP) is 1.61. The molecule has 0 bridgehead atoms. The minimum absolute atomic E-state index is 0.0293. The Morgan fingerprint density at radius 2 is 2.06 bits per heavy atom. The number of rotatable bonds is 5. The number of carbonyl (C=O) groups is 1. The standard InChI is InChI=1S/C11H13NO4/c1-16-11(13)7-10(8-12(14)15)9-5-3-2-4-6-9/h2-6,10H,7-8H2,1H3/t10-/m0/s1. The third-order valence-electron chi connectivity index (χ3n) is 2.28. The van der Waals surface area contributed by atoms with Gasteiger partial charge in [0.05, 0.1) is 19.4 Å². The van der Waals surface area contributed by atoms with Crippen LogP contribution in [-0.2, 0) is 9.53 Å². The van der Waals surface area contributed by atoms with Crippen molar-refractivity contribution < 1.29 is 14.5 Å². The molecule has 1 atom stereocenters. The van der Waals surface area contributed by atoms with E-state index in [2.05, 4.69) is 4.74 Å². The van der Waals surface area contributed by atoms with Gasteiger partial charge in [0.15, 0.2) is 0 Å². The van der Waals surface area contributed by atoms with E-state index in [1.165, 1.54) is 7.11 Å². The summed E-state index contributed by atoms with van der Waals surface area (Å²) in [6.45, 7) is -0.265. The number of hydrogen-bond donors (Lipinski definition) is 0. The van der Waals surface area contributed by atoms with Gasteiger partial charge >= 0.3 is 5.97 Å². The molecule has 0 heterocycles. The van der Waals surface area contributed by atoms with Crippen LogP contribution >= 0.6 is 0 Å². The van der Waals surface area contributed by atoms with Crippen LogP contribution in [0.25, 0.3) is 0 Å². The summed E-state index contributed by atoms with van der Waals surface area (Å²) < 4.78 is 4.52. The number of nitrogens with zero attached hydrogens (tertiary/aromatic N) is 1. The molecule has 0 aliphatic carbocycles. The van der Waals surface area contributed by atoms with Crippen molar-refractivity contribution in [1.29, 1.82) is 0 Å². The smallest absolute Gasteiger partial charge is 0.306 e. The first-order valence-electron chi connectivity index (χ1n) is 4.87. The second kappa shape index (κ2) is 5.85. The van der Waals surface area contributed by atoms with Crippen molar-refractivity contribution in [2.45, 2.75) is 12.3 Å². The van der Waals surface area contributed by atoms with Crippen LogP contribution in [0.15, 0.2) is 30.3 Å². The minimum atomic E-state index is -0.435. The first-order valence-corrected chi connectivity index (χ1v) is 4.87. The fraction of sp³-hybridized carbons (Fsp3) is 0.364. The van der Waals surface area contributed by atoms with Crippen molar-refractivity contribution >= 4 is 5.97 Å². The highest BCUT2D eigenvalue weighted by Gasteiger charge is 2.21. The lowest BCUT2D eigenvalue weighted by atomic mass is 9.96. The molecule has 0 aromatic heterocycles. The Morgan fingerprint density at radius 3 is 2.56 bits per heavy atom. The Labute approximate surface area is 93.2 Å². The molecule has 0 amide bonds. The summed E-state index contributed by atoms with van der Waals surface area (Å²) in [5.41, 5.74) is 0.782. The third kappa shape index (κ3) is 3.68. The lowest BCUT2D eigenvalue weighted by molar-refractivity contribution is -0.483. The van der Waals surface area contributed by atoms with Crippen molar-refractivity contribution in [2.24, 2.45) is 0 Å². The van der Waals surface area contributed by atoms with E-state index in [0.29, 0.717) is 0 Å². The maximum absolute atomic E-state index is 11.1. The van der Waals surface area contributed by atoms with E-state index in [-0.39, 0.29) is 13.0 Å². The van der Waals surface area contributed by atoms with Gasteiger partial charge in [0.25, 0.3) is 0 Å². The Morgan fingerprint density at radius 1 is 1.44 bits per heavy atom. The zero-order valence-corrected chi connectivity index (χ0v) is 8.96. The van der Waals surface area contributed by atoms with Gasteiger partial charge in [-0.3, -0.25) is 14.9 Å². The maximum atomic E-state index is 11.1. The third-order valence-corrected chi connectivity index (χ3v) is 2.28. The van der Waals surface area contributed by atoms with Gasteiger partial charge in [0.1, 0.15) is 0 Å². The van der Waals surface area contributed by atoms with Crippen LogP contribution in [0.2, 0.25) is 0 Å². The molecule has 1 rings (SSSR count). The molecule has 0 saturated carbocycles. The van der Waals surface area contributed by atoms with E-state index >= 15 is 0 Å². The van der Waals surface area contributed by atoms with E-state index in [1.54, 1.807) is 24.3 Å². The van der Waals surface area contributed by atoms with Crippen LogP contribution in [0.1, 0.15) is 17.9 Å². The molecule has 0 aliphatic rings. The summed E-state index contributed by atoms with van der Waals surface area (Å²) in [5, 5.41) is 10.5. The molecule has 86 valence electrons. The lowest BCUT2D eigenvalue weighted by Crippen LogP contribution is -2.17. The quantitative estimate of drug-likeness (QED) is 0.432. The molecule has 1 aromatic carbocycles. The van der Waals surface area contributed by atoms with Crippen LogP contribution in [0.4, 0.5) is 0 Å². The largest absolute Gasteiger partial charge is 0.469 e. The van der Waals surface area contributed by atoms with Gasteiger partial charge in [0, 0.05) is 4.92 Å². The average molecular weight is 223 g/mol. The van der Waals surface area contributed by atoms with Gasteiger partial charge in [-0.15, -0.1) is 0 Å². The van der Waals surface area contributed by atoms with Gasteiger partial charge in [-0.25, -0.2) is 0 Å². The molecule has 0 aliphatic heterocycles. The molecular formula is C11H13NO4. The van der Waals surface area contributed by atoms with E-state index in [9.17, 15) is 14.9 Å². The van der Waals surface area contributed by atoms with Crippen LogP contribution in [0.5, 0.6) is 0 Å². The monoisotopic (exact) mass is 223 g/mol. The van der Waals surface area contributed by atoms with Crippen LogP contribution < -0.4 is 0 Å². The van der Waals surface area contributed by atoms with Gasteiger partial charge < -0.3 is 4.74 Å². The molecule has 0 unspecified atom stereocenters. The number of ether oxygens (including phenoxy) is 1. The molecule has 0 N–H and O–H groups in total. The molecule has 0 saturated heterocycles.